The molecular formula is C33H33F5N4O6. The third kappa shape index (κ3) is 8.17. The van der Waals surface area contributed by atoms with E-state index >= 15 is 0 Å². The van der Waals surface area contributed by atoms with Crippen LogP contribution in [-0.2, 0) is 14.4 Å². The minimum Gasteiger partial charge on any atom is -0.479 e. The summed E-state index contributed by atoms with van der Waals surface area (Å²) in [5, 5.41) is 11.5. The van der Waals surface area contributed by atoms with E-state index in [1.807, 2.05) is 0 Å². The van der Waals surface area contributed by atoms with E-state index in [0.717, 1.165) is 32.1 Å². The molecule has 2 heterocycles. The predicted octanol–water partition coefficient (Wildman–Crippen LogP) is 4.77. The van der Waals surface area contributed by atoms with Gasteiger partial charge in [-0.3, -0.25) is 19.2 Å². The lowest BCUT2D eigenvalue weighted by atomic mass is 9.84. The van der Waals surface area contributed by atoms with Crippen LogP contribution in [0.3, 0.4) is 0 Å². The fraction of sp³-hybridized carbons (Fsp3) is 0.424. The van der Waals surface area contributed by atoms with Gasteiger partial charge in [0, 0.05) is 24.6 Å². The fourth-order valence-electron chi connectivity index (χ4n) is 6.01. The molecule has 1 saturated heterocycles. The molecular weight excluding hydrogens is 643 g/mol. The van der Waals surface area contributed by atoms with Gasteiger partial charge in [-0.2, -0.15) is 8.78 Å². The van der Waals surface area contributed by atoms with Gasteiger partial charge in [0.15, 0.2) is 34.6 Å². The molecule has 1 saturated carbocycles. The second kappa shape index (κ2) is 15.4. The van der Waals surface area contributed by atoms with Gasteiger partial charge in [-0.1, -0.05) is 49.4 Å². The van der Waals surface area contributed by atoms with Gasteiger partial charge in [0.25, 0.3) is 5.91 Å². The second-order valence-corrected chi connectivity index (χ2v) is 11.9. The van der Waals surface area contributed by atoms with Gasteiger partial charge in [0.2, 0.25) is 23.4 Å². The molecule has 3 amide bonds. The quantitative estimate of drug-likeness (QED) is 0.175. The number of carbonyl (C=O) groups excluding carboxylic acids is 4. The monoisotopic (exact) mass is 676 g/mol. The molecule has 0 radical (unpaired) electrons. The van der Waals surface area contributed by atoms with E-state index in [-0.39, 0.29) is 47.8 Å². The van der Waals surface area contributed by atoms with Crippen molar-refractivity contribution in [3.8, 4) is 17.1 Å². The molecule has 0 unspecified atom stereocenters. The van der Waals surface area contributed by atoms with Gasteiger partial charge in [-0.25, -0.2) is 13.2 Å². The molecule has 2 fully saturated rings. The van der Waals surface area contributed by atoms with E-state index in [9.17, 15) is 41.1 Å². The summed E-state index contributed by atoms with van der Waals surface area (Å²) in [4.78, 5) is 52.7. The van der Waals surface area contributed by atoms with E-state index in [1.54, 1.807) is 6.07 Å². The normalized spacial score (nSPS) is 17.8. The van der Waals surface area contributed by atoms with Crippen LogP contribution in [0.5, 0.6) is 5.75 Å². The number of ketones is 1. The lowest BCUT2D eigenvalue weighted by Crippen LogP contribution is -2.53. The molecule has 0 spiro atoms. The van der Waals surface area contributed by atoms with Crippen molar-refractivity contribution in [2.24, 2.45) is 11.8 Å². The Morgan fingerprint density at radius 1 is 0.896 bits per heavy atom. The van der Waals surface area contributed by atoms with Crippen molar-refractivity contribution in [2.45, 2.75) is 63.5 Å². The Morgan fingerprint density at radius 2 is 1.60 bits per heavy atom. The van der Waals surface area contributed by atoms with Crippen LogP contribution in [0.15, 0.2) is 40.9 Å². The van der Waals surface area contributed by atoms with Crippen molar-refractivity contribution in [3.05, 3.63) is 71.2 Å². The van der Waals surface area contributed by atoms with Crippen molar-refractivity contribution in [1.29, 1.82) is 0 Å². The summed E-state index contributed by atoms with van der Waals surface area (Å²) >= 11 is 0. The summed E-state index contributed by atoms with van der Waals surface area (Å²) in [6.07, 6.45) is 4.75. The van der Waals surface area contributed by atoms with Gasteiger partial charge >= 0.3 is 0 Å². The van der Waals surface area contributed by atoms with E-state index in [2.05, 4.69) is 21.1 Å². The summed E-state index contributed by atoms with van der Waals surface area (Å²) in [5.41, 5.74) is -0.162. The van der Waals surface area contributed by atoms with Crippen LogP contribution in [0.25, 0.3) is 11.3 Å². The first-order chi connectivity index (χ1) is 23.0. The molecule has 1 aliphatic heterocycles. The molecule has 2 aliphatic rings. The molecule has 0 bridgehead atoms. The van der Waals surface area contributed by atoms with Gasteiger partial charge in [-0.15, -0.1) is 0 Å². The van der Waals surface area contributed by atoms with Crippen LogP contribution in [0.4, 0.5) is 22.0 Å². The Kier molecular flexibility index (Phi) is 11.1. The highest BCUT2D eigenvalue weighted by atomic mass is 19.2. The third-order valence-electron chi connectivity index (χ3n) is 8.62. The number of nitrogens with zero attached hydrogens (tertiary/aromatic N) is 1. The van der Waals surface area contributed by atoms with Crippen LogP contribution < -0.4 is 20.7 Å². The molecule has 48 heavy (non-hydrogen) atoms. The van der Waals surface area contributed by atoms with Crippen molar-refractivity contribution >= 4 is 23.5 Å². The van der Waals surface area contributed by atoms with Crippen LogP contribution in [0.2, 0.25) is 0 Å². The molecule has 256 valence electrons. The number of amides is 3. The standard InChI is InChI=1S/C33H33F5N4O6/c34-20-9-5-4-8-19(20)27-15-25(42-48-27)33(46)41-24(12-17-6-2-1-3-7-17)32(45)40-23(13-18-10-11-39-31(18)44)26(43)16-47-30-28(37)21(35)14-22(36)29(30)38/h4-5,8-9,14-15,17-18,23-24H,1-3,6-7,10-13,16H2,(H,39,44)(H,40,45)(H,41,46)/t18-,23-,24-/m0/s1. The zero-order valence-electron chi connectivity index (χ0n) is 25.6. The number of halogens is 5. The molecule has 1 aromatic heterocycles. The van der Waals surface area contributed by atoms with E-state index in [0.29, 0.717) is 13.0 Å². The van der Waals surface area contributed by atoms with Crippen molar-refractivity contribution < 1.29 is 50.4 Å². The van der Waals surface area contributed by atoms with Crippen molar-refractivity contribution in [1.82, 2.24) is 21.1 Å². The minimum absolute atomic E-state index is 0.0123. The lowest BCUT2D eigenvalue weighted by molar-refractivity contribution is -0.131. The fourth-order valence-corrected chi connectivity index (χ4v) is 6.01. The first kappa shape index (κ1) is 34.5. The second-order valence-electron chi connectivity index (χ2n) is 11.9. The number of aromatic nitrogens is 1. The number of rotatable bonds is 13. The number of carbonyl (C=O) groups is 4. The van der Waals surface area contributed by atoms with E-state index < -0.39 is 77.0 Å². The van der Waals surface area contributed by atoms with Gasteiger partial charge in [0.1, 0.15) is 18.5 Å². The summed E-state index contributed by atoms with van der Waals surface area (Å²) in [5.74, 6) is -12.8. The van der Waals surface area contributed by atoms with E-state index in [1.165, 1.54) is 24.3 Å². The third-order valence-corrected chi connectivity index (χ3v) is 8.62. The molecule has 3 atom stereocenters. The molecule has 15 heteroatoms. The molecule has 2 aromatic carbocycles. The highest BCUT2D eigenvalue weighted by Crippen LogP contribution is 2.29. The topological polar surface area (TPSA) is 140 Å². The van der Waals surface area contributed by atoms with Crippen LogP contribution in [0, 0.1) is 40.9 Å². The summed E-state index contributed by atoms with van der Waals surface area (Å²) in [6, 6.07) is 4.28. The zero-order valence-corrected chi connectivity index (χ0v) is 25.6. The smallest absolute Gasteiger partial charge is 0.274 e. The summed E-state index contributed by atoms with van der Waals surface area (Å²) < 4.78 is 80.0. The van der Waals surface area contributed by atoms with Crippen LogP contribution in [-0.4, -0.2) is 53.9 Å². The van der Waals surface area contributed by atoms with Gasteiger partial charge in [0.05, 0.1) is 11.6 Å². The van der Waals surface area contributed by atoms with Gasteiger partial charge < -0.3 is 25.2 Å². The average molecular weight is 677 g/mol. The predicted molar refractivity (Wildman–Crippen MR) is 159 cm³/mol. The molecule has 3 aromatic rings. The van der Waals surface area contributed by atoms with E-state index in [4.69, 9.17) is 9.26 Å². The summed E-state index contributed by atoms with van der Waals surface area (Å²) in [6.45, 7) is -0.784. The first-order valence-corrected chi connectivity index (χ1v) is 15.6. The summed E-state index contributed by atoms with van der Waals surface area (Å²) in [7, 11) is 0. The maximum Gasteiger partial charge on any atom is 0.274 e. The van der Waals surface area contributed by atoms with Crippen LogP contribution in [0.1, 0.15) is 61.9 Å². The SMILES string of the molecule is O=C(N[C@@H](CC1CCCCC1)C(=O)N[C@@H](C[C@@H]1CCNC1=O)C(=O)COc1c(F)c(F)cc(F)c1F)c1cc(-c2ccccc2F)on1. The number of Topliss-reactive ketones (excluding diaryl/α,β-unsaturated/α-hetero) is 1. The Labute approximate surface area is 271 Å². The Morgan fingerprint density at radius 3 is 2.27 bits per heavy atom. The Hall–Kier alpha value is -4.82. The lowest BCUT2D eigenvalue weighted by Gasteiger charge is -2.28. The number of hydrogen-bond donors (Lipinski definition) is 3. The highest BCUT2D eigenvalue weighted by molar-refractivity contribution is 5.98. The number of hydrogen-bond acceptors (Lipinski definition) is 7. The number of ether oxygens (including phenoxy) is 1. The average Bonchev–Trinajstić information content (AvgIpc) is 3.73. The molecule has 10 nitrogen and oxygen atoms in total. The Bertz CT molecular complexity index is 1650. The van der Waals surface area contributed by atoms with Crippen molar-refractivity contribution in [3.63, 3.8) is 0 Å². The zero-order chi connectivity index (χ0) is 34.4. The molecule has 3 N–H and O–H groups in total. The van der Waals surface area contributed by atoms with Crippen LogP contribution >= 0.6 is 0 Å². The maximum atomic E-state index is 14.3. The highest BCUT2D eigenvalue weighted by Gasteiger charge is 2.35. The number of nitrogens with one attached hydrogen (secondary N) is 3. The van der Waals surface area contributed by atoms with Gasteiger partial charge in [-0.05, 0) is 37.3 Å². The largest absolute Gasteiger partial charge is 0.479 e. The minimum atomic E-state index is -1.85. The van der Waals surface area contributed by atoms with Crippen molar-refractivity contribution in [2.75, 3.05) is 13.2 Å². The number of benzene rings is 2. The maximum absolute atomic E-state index is 14.3. The first-order valence-electron chi connectivity index (χ1n) is 15.6. The Balaban J connectivity index is 1.34. The molecule has 1 aliphatic carbocycles. The molecule has 5 rings (SSSR count).